The van der Waals surface area contributed by atoms with Crippen LogP contribution in [0, 0.1) is 0 Å². The Morgan fingerprint density at radius 2 is 2.08 bits per heavy atom. The van der Waals surface area contributed by atoms with Crippen molar-refractivity contribution in [2.45, 2.75) is 32.0 Å². The standard InChI is InChI=1S/C14H13ClF3N3O3/c1-2-10(13(23)24)20-11(22)4-8-6-21-5-7(14(16,17)18)3-9(15)12(21)19-8/h3,5-6,10H,2,4H2,1H3,(H,20,22)(H,23,24). The fourth-order valence-electron chi connectivity index (χ4n) is 2.10. The monoisotopic (exact) mass is 363 g/mol. The number of hydrogen-bond donors (Lipinski definition) is 2. The molecule has 0 saturated carbocycles. The van der Waals surface area contributed by atoms with Crippen molar-refractivity contribution in [1.29, 1.82) is 0 Å². The van der Waals surface area contributed by atoms with Gasteiger partial charge in [0, 0.05) is 12.4 Å². The predicted octanol–water partition coefficient (Wildman–Crippen LogP) is 2.53. The smallest absolute Gasteiger partial charge is 0.417 e. The van der Waals surface area contributed by atoms with E-state index in [9.17, 15) is 22.8 Å². The molecule has 0 fully saturated rings. The van der Waals surface area contributed by atoms with E-state index < -0.39 is 29.7 Å². The summed E-state index contributed by atoms with van der Waals surface area (Å²) in [5, 5.41) is 11.0. The minimum Gasteiger partial charge on any atom is -0.480 e. The number of imidazole rings is 1. The number of carbonyl (C=O) groups is 2. The quantitative estimate of drug-likeness (QED) is 0.855. The topological polar surface area (TPSA) is 83.7 Å². The first-order valence-corrected chi connectivity index (χ1v) is 7.26. The third kappa shape index (κ3) is 3.97. The highest BCUT2D eigenvalue weighted by Crippen LogP contribution is 2.32. The number of amides is 1. The highest BCUT2D eigenvalue weighted by Gasteiger charge is 2.32. The third-order valence-electron chi connectivity index (χ3n) is 3.27. The van der Waals surface area contributed by atoms with Crippen molar-refractivity contribution in [2.24, 2.45) is 0 Å². The summed E-state index contributed by atoms with van der Waals surface area (Å²) in [6.45, 7) is 1.60. The van der Waals surface area contributed by atoms with E-state index >= 15 is 0 Å². The lowest BCUT2D eigenvalue weighted by atomic mass is 10.2. The zero-order valence-electron chi connectivity index (χ0n) is 12.4. The predicted molar refractivity (Wildman–Crippen MR) is 78.8 cm³/mol. The molecular weight excluding hydrogens is 351 g/mol. The molecular formula is C14H13ClF3N3O3. The average Bonchev–Trinajstić information content (AvgIpc) is 2.86. The van der Waals surface area contributed by atoms with E-state index in [1.807, 2.05) is 0 Å². The van der Waals surface area contributed by atoms with Gasteiger partial charge in [-0.05, 0) is 12.5 Å². The minimum absolute atomic E-state index is 0.0812. The summed E-state index contributed by atoms with van der Waals surface area (Å²) in [4.78, 5) is 26.7. The molecule has 0 aromatic carbocycles. The molecule has 24 heavy (non-hydrogen) atoms. The molecule has 0 spiro atoms. The van der Waals surface area contributed by atoms with Gasteiger partial charge in [0.15, 0.2) is 5.65 Å². The zero-order chi connectivity index (χ0) is 18.1. The molecule has 2 aromatic rings. The van der Waals surface area contributed by atoms with Crippen LogP contribution in [-0.2, 0) is 22.2 Å². The van der Waals surface area contributed by atoms with Crippen molar-refractivity contribution in [3.05, 3.63) is 34.7 Å². The van der Waals surface area contributed by atoms with E-state index in [1.54, 1.807) is 6.92 Å². The van der Waals surface area contributed by atoms with E-state index in [2.05, 4.69) is 10.3 Å². The number of aliphatic carboxylic acids is 1. The first-order valence-electron chi connectivity index (χ1n) is 6.88. The summed E-state index contributed by atoms with van der Waals surface area (Å²) in [6.07, 6.45) is -2.56. The highest BCUT2D eigenvalue weighted by atomic mass is 35.5. The Kier molecular flexibility index (Phi) is 5.02. The maximum absolute atomic E-state index is 12.8. The van der Waals surface area contributed by atoms with Crippen LogP contribution < -0.4 is 5.32 Å². The number of nitrogens with one attached hydrogen (secondary N) is 1. The summed E-state index contributed by atoms with van der Waals surface area (Å²) in [5.74, 6) is -1.77. The lowest BCUT2D eigenvalue weighted by molar-refractivity contribution is -0.141. The Balaban J connectivity index is 2.23. The molecule has 2 rings (SSSR count). The number of hydrogen-bond acceptors (Lipinski definition) is 3. The lowest BCUT2D eigenvalue weighted by Crippen LogP contribution is -2.41. The molecule has 2 heterocycles. The second-order valence-corrected chi connectivity index (χ2v) is 5.49. The van der Waals surface area contributed by atoms with E-state index in [4.69, 9.17) is 16.7 Å². The number of carboxylic acids is 1. The summed E-state index contributed by atoms with van der Waals surface area (Å²) in [5.41, 5.74) is -0.683. The van der Waals surface area contributed by atoms with Crippen molar-refractivity contribution >= 4 is 29.1 Å². The summed E-state index contributed by atoms with van der Waals surface area (Å²) in [7, 11) is 0. The SMILES string of the molecule is CCC(NC(=O)Cc1cn2cc(C(F)(F)F)cc(Cl)c2n1)C(=O)O. The van der Waals surface area contributed by atoms with E-state index in [1.165, 1.54) is 6.20 Å². The fourth-order valence-corrected chi connectivity index (χ4v) is 2.35. The normalized spacial score (nSPS) is 13.0. The van der Waals surface area contributed by atoms with Crippen LogP contribution in [-0.4, -0.2) is 32.4 Å². The largest absolute Gasteiger partial charge is 0.480 e. The molecule has 2 aromatic heterocycles. The first kappa shape index (κ1) is 18.1. The summed E-state index contributed by atoms with van der Waals surface area (Å²) >= 11 is 5.80. The van der Waals surface area contributed by atoms with E-state index in [-0.39, 0.29) is 29.2 Å². The van der Waals surface area contributed by atoms with Crippen molar-refractivity contribution in [2.75, 3.05) is 0 Å². The van der Waals surface area contributed by atoms with Crippen LogP contribution in [0.15, 0.2) is 18.5 Å². The van der Waals surface area contributed by atoms with Crippen LogP contribution in [0.5, 0.6) is 0 Å². The molecule has 0 radical (unpaired) electrons. The maximum atomic E-state index is 12.8. The number of rotatable bonds is 5. The van der Waals surface area contributed by atoms with Gasteiger partial charge in [-0.3, -0.25) is 4.79 Å². The molecule has 0 aliphatic heterocycles. The zero-order valence-corrected chi connectivity index (χ0v) is 13.1. The molecule has 2 N–H and O–H groups in total. The first-order chi connectivity index (χ1) is 11.1. The Morgan fingerprint density at radius 1 is 1.42 bits per heavy atom. The molecule has 0 bridgehead atoms. The number of aromatic nitrogens is 2. The molecule has 10 heteroatoms. The Bertz CT molecular complexity index is 789. The van der Waals surface area contributed by atoms with Gasteiger partial charge in [0.25, 0.3) is 0 Å². The number of fused-ring (bicyclic) bond motifs is 1. The maximum Gasteiger partial charge on any atom is 0.417 e. The van der Waals surface area contributed by atoms with Crippen molar-refractivity contribution < 1.29 is 27.9 Å². The Labute approximate surface area is 139 Å². The van der Waals surface area contributed by atoms with Gasteiger partial charge in [-0.25, -0.2) is 9.78 Å². The van der Waals surface area contributed by atoms with Gasteiger partial charge in [-0.1, -0.05) is 18.5 Å². The third-order valence-corrected chi connectivity index (χ3v) is 3.54. The summed E-state index contributed by atoms with van der Waals surface area (Å²) < 4.78 is 39.4. The average molecular weight is 364 g/mol. The van der Waals surface area contributed by atoms with Crippen LogP contribution in [0.2, 0.25) is 5.02 Å². The molecule has 1 unspecified atom stereocenters. The number of pyridine rings is 1. The number of halogens is 4. The van der Waals surface area contributed by atoms with E-state index in [0.717, 1.165) is 16.7 Å². The Hall–Kier alpha value is -2.29. The van der Waals surface area contributed by atoms with Gasteiger partial charge in [-0.2, -0.15) is 13.2 Å². The fraction of sp³-hybridized carbons (Fsp3) is 0.357. The lowest BCUT2D eigenvalue weighted by Gasteiger charge is -2.11. The second-order valence-electron chi connectivity index (χ2n) is 5.08. The van der Waals surface area contributed by atoms with Gasteiger partial charge in [0.05, 0.1) is 22.7 Å². The van der Waals surface area contributed by atoms with Crippen molar-refractivity contribution in [1.82, 2.24) is 14.7 Å². The number of nitrogens with zero attached hydrogens (tertiary/aromatic N) is 2. The van der Waals surface area contributed by atoms with Gasteiger partial charge < -0.3 is 14.8 Å². The van der Waals surface area contributed by atoms with Crippen LogP contribution in [0.4, 0.5) is 13.2 Å². The van der Waals surface area contributed by atoms with Crippen LogP contribution in [0.25, 0.3) is 5.65 Å². The van der Waals surface area contributed by atoms with Crippen molar-refractivity contribution in [3.63, 3.8) is 0 Å². The molecule has 0 saturated heterocycles. The number of alkyl halides is 3. The van der Waals surface area contributed by atoms with Crippen LogP contribution in [0.1, 0.15) is 24.6 Å². The second kappa shape index (κ2) is 6.68. The van der Waals surface area contributed by atoms with E-state index in [0.29, 0.717) is 0 Å². The van der Waals surface area contributed by atoms with Gasteiger partial charge in [0.2, 0.25) is 5.91 Å². The number of carbonyl (C=O) groups excluding carboxylic acids is 1. The van der Waals surface area contributed by atoms with Crippen LogP contribution >= 0.6 is 11.6 Å². The molecule has 130 valence electrons. The molecule has 0 aliphatic rings. The molecule has 0 aliphatic carbocycles. The molecule has 6 nitrogen and oxygen atoms in total. The van der Waals surface area contributed by atoms with Crippen LogP contribution in [0.3, 0.4) is 0 Å². The van der Waals surface area contributed by atoms with Gasteiger partial charge in [-0.15, -0.1) is 0 Å². The Morgan fingerprint density at radius 3 is 2.62 bits per heavy atom. The molecule has 1 amide bonds. The summed E-state index contributed by atoms with van der Waals surface area (Å²) in [6, 6.07) is -0.277. The highest BCUT2D eigenvalue weighted by molar-refractivity contribution is 6.33. The number of carboxylic acid groups (broad SMARTS) is 1. The van der Waals surface area contributed by atoms with Gasteiger partial charge in [0.1, 0.15) is 6.04 Å². The minimum atomic E-state index is -4.56. The molecule has 1 atom stereocenters. The van der Waals surface area contributed by atoms with Crippen molar-refractivity contribution in [3.8, 4) is 0 Å². The van der Waals surface area contributed by atoms with Gasteiger partial charge >= 0.3 is 12.1 Å².